The number of methoxy groups -OCH3 is 1. The van der Waals surface area contributed by atoms with Crippen LogP contribution in [0.3, 0.4) is 0 Å². The number of carboxylic acid groups (broad SMARTS) is 1. The molecule has 2 N–H and O–H groups in total. The number of aliphatic hydroxyl groups excluding tert-OH is 1. The molecule has 2 aromatic heterocycles. The van der Waals surface area contributed by atoms with Crippen LogP contribution in [-0.4, -0.2) is 112 Å². The van der Waals surface area contributed by atoms with Crippen LogP contribution in [0.4, 0.5) is 10.6 Å². The number of ether oxygens (including phenoxy) is 5. The lowest BCUT2D eigenvalue weighted by Crippen LogP contribution is -2.46. The molecule has 16 nitrogen and oxygen atoms in total. The Hall–Kier alpha value is -1.98. The summed E-state index contributed by atoms with van der Waals surface area (Å²) in [4.78, 5) is 22.3. The second kappa shape index (κ2) is 13.6. The van der Waals surface area contributed by atoms with Gasteiger partial charge in [-0.05, 0) is 52.1 Å². The van der Waals surface area contributed by atoms with Crippen molar-refractivity contribution in [1.82, 2.24) is 19.7 Å². The molecule has 3 fully saturated rings. The van der Waals surface area contributed by atoms with E-state index in [2.05, 4.69) is 15.1 Å². The van der Waals surface area contributed by atoms with Gasteiger partial charge in [-0.25, -0.2) is 9.48 Å². The van der Waals surface area contributed by atoms with E-state index in [0.717, 1.165) is 12.8 Å². The topological polar surface area (TPSA) is 186 Å². The lowest BCUT2D eigenvalue weighted by Gasteiger charge is -2.37. The highest BCUT2D eigenvalue weighted by Crippen LogP contribution is 2.61. The van der Waals surface area contributed by atoms with Crippen LogP contribution in [-0.2, 0) is 37.3 Å². The number of nitrogens with zero attached hydrogens (tertiary/aromatic N) is 5. The van der Waals surface area contributed by atoms with Gasteiger partial charge in [0.05, 0.1) is 44.6 Å². The third-order valence-electron chi connectivity index (χ3n) is 8.13. The Morgan fingerprint density at radius 3 is 2.47 bits per heavy atom. The van der Waals surface area contributed by atoms with E-state index in [1.165, 1.54) is 22.9 Å². The van der Waals surface area contributed by atoms with E-state index in [-0.39, 0.29) is 49.2 Å². The van der Waals surface area contributed by atoms with Gasteiger partial charge in [-0.2, -0.15) is 15.1 Å². The quantitative estimate of drug-likeness (QED) is 0.216. The van der Waals surface area contributed by atoms with Crippen LogP contribution in [0, 0.1) is 0 Å². The fourth-order valence-electron chi connectivity index (χ4n) is 6.28. The summed E-state index contributed by atoms with van der Waals surface area (Å²) in [5.74, 6) is -0.866. The summed E-state index contributed by atoms with van der Waals surface area (Å²) in [6, 6.07) is -0.246. The minimum atomic E-state index is -4.05. The molecule has 0 spiro atoms. The number of carbonyl (C=O) groups is 1. The van der Waals surface area contributed by atoms with Gasteiger partial charge in [0.15, 0.2) is 23.5 Å². The van der Waals surface area contributed by atoms with E-state index < -0.39 is 56.0 Å². The van der Waals surface area contributed by atoms with E-state index >= 15 is 0 Å². The van der Waals surface area contributed by atoms with Crippen LogP contribution < -0.4 is 4.90 Å². The Kier molecular flexibility index (Phi) is 10.4. The summed E-state index contributed by atoms with van der Waals surface area (Å²) in [7, 11) is -2.67. The molecule has 5 atom stereocenters. The third kappa shape index (κ3) is 6.47. The molecule has 1 saturated carbocycles. The van der Waals surface area contributed by atoms with Gasteiger partial charge in [-0.15, -0.1) is 0 Å². The highest BCUT2D eigenvalue weighted by molar-refractivity contribution is 7.55. The number of rotatable bonds is 14. The van der Waals surface area contributed by atoms with E-state index in [1.54, 1.807) is 27.7 Å². The molecule has 1 aliphatic carbocycles. The molecule has 18 heteroatoms. The average Bonchev–Trinajstić information content (AvgIpc) is 3.76. The van der Waals surface area contributed by atoms with Gasteiger partial charge in [0.1, 0.15) is 18.3 Å². The number of fused-ring (bicyclic) bond motifs is 2. The van der Waals surface area contributed by atoms with Crippen LogP contribution in [0.15, 0.2) is 6.20 Å². The van der Waals surface area contributed by atoms with Gasteiger partial charge in [0.25, 0.3) is 0 Å². The van der Waals surface area contributed by atoms with Crippen molar-refractivity contribution in [2.45, 2.75) is 95.1 Å². The SMILES string of the molecule is CCOP(=O)(OCC)C(CO)(COC)OC[C@H]1O[C@@H](n2ncc3c(N(C(=O)O)C4CCCC4)nc(Cl)nc32)[C@@H]2OC(C)(C)O[C@@H]21. The molecule has 2 aromatic rings. The molecule has 252 valence electrons. The third-order valence-corrected chi connectivity index (χ3v) is 10.9. The monoisotopic (exact) mass is 677 g/mol. The van der Waals surface area contributed by atoms with Crippen molar-refractivity contribution in [1.29, 1.82) is 0 Å². The Morgan fingerprint density at radius 1 is 1.20 bits per heavy atom. The van der Waals surface area contributed by atoms with Gasteiger partial charge in [-0.3, -0.25) is 9.46 Å². The number of halogens is 1. The maximum Gasteiger partial charge on any atom is 0.413 e. The molecule has 3 aliphatic rings. The van der Waals surface area contributed by atoms with Gasteiger partial charge in [-0.1, -0.05) is 12.8 Å². The maximum absolute atomic E-state index is 13.9. The first-order chi connectivity index (χ1) is 21.4. The Bertz CT molecular complexity index is 1400. The summed E-state index contributed by atoms with van der Waals surface area (Å²) in [6.07, 6.45) is 0.449. The summed E-state index contributed by atoms with van der Waals surface area (Å²) in [6.45, 7) is 5.66. The largest absolute Gasteiger partial charge is 0.465 e. The predicted octanol–water partition coefficient (Wildman–Crippen LogP) is 3.94. The first kappa shape index (κ1) is 34.4. The summed E-state index contributed by atoms with van der Waals surface area (Å²) < 4.78 is 56.7. The highest BCUT2D eigenvalue weighted by atomic mass is 35.5. The zero-order valence-electron chi connectivity index (χ0n) is 26.0. The molecule has 2 saturated heterocycles. The number of hydrogen-bond donors (Lipinski definition) is 2. The Morgan fingerprint density at radius 2 is 1.87 bits per heavy atom. The minimum Gasteiger partial charge on any atom is -0.465 e. The molecular formula is C27H41ClN5O11P. The number of amides is 1. The standard InChI is InChI=1S/C27H41ClN5O11P/c1-6-40-45(37,41-7-2)27(14-34,15-38-5)39-13-18-19-20(44-26(3,4)43-19)23(42-18)33-22-17(12-29-33)21(30-24(28)31-22)32(25(35)36)16-10-8-9-11-16/h12,16,18-20,23,34H,6-11,13-15H2,1-5H3,(H,35,36)/t18-,19-,20-,23-,27?/m1/s1. The Balaban J connectivity index is 1.49. The molecule has 0 radical (unpaired) electrons. The minimum absolute atomic E-state index is 0.0444. The maximum atomic E-state index is 13.9. The van der Waals surface area contributed by atoms with E-state index in [1.807, 2.05) is 0 Å². The van der Waals surface area contributed by atoms with Crippen LogP contribution in [0.25, 0.3) is 11.0 Å². The van der Waals surface area contributed by atoms with Crippen LogP contribution in [0.1, 0.15) is 59.6 Å². The summed E-state index contributed by atoms with van der Waals surface area (Å²) in [5.41, 5.74) is 0.245. The zero-order chi connectivity index (χ0) is 32.6. The summed E-state index contributed by atoms with van der Waals surface area (Å²) in [5, 5.41) is 23.5. The van der Waals surface area contributed by atoms with Crippen LogP contribution in [0.5, 0.6) is 0 Å². The average molecular weight is 678 g/mol. The van der Waals surface area contributed by atoms with Gasteiger partial charge >= 0.3 is 13.7 Å². The lowest BCUT2D eigenvalue weighted by atomic mass is 10.1. The predicted molar refractivity (Wildman–Crippen MR) is 159 cm³/mol. The molecule has 1 unspecified atom stereocenters. The van der Waals surface area contributed by atoms with Crippen molar-refractivity contribution in [3.8, 4) is 0 Å². The molecule has 45 heavy (non-hydrogen) atoms. The normalized spacial score (nSPS) is 26.4. The zero-order valence-corrected chi connectivity index (χ0v) is 27.6. The number of aliphatic hydroxyl groups is 1. The van der Waals surface area contributed by atoms with E-state index in [4.69, 9.17) is 44.3 Å². The highest BCUT2D eigenvalue weighted by Gasteiger charge is 2.59. The van der Waals surface area contributed by atoms with E-state index in [9.17, 15) is 19.6 Å². The molecule has 4 heterocycles. The van der Waals surface area contributed by atoms with Crippen molar-refractivity contribution in [3.63, 3.8) is 0 Å². The van der Waals surface area contributed by atoms with Gasteiger partial charge in [0, 0.05) is 13.2 Å². The van der Waals surface area contributed by atoms with Crippen LogP contribution in [0.2, 0.25) is 5.28 Å². The summed E-state index contributed by atoms with van der Waals surface area (Å²) >= 11 is 6.35. The van der Waals surface area contributed by atoms with Crippen molar-refractivity contribution in [3.05, 3.63) is 11.5 Å². The second-order valence-electron chi connectivity index (χ2n) is 11.5. The van der Waals surface area contributed by atoms with Gasteiger partial charge in [0.2, 0.25) is 10.6 Å². The molecule has 1 amide bonds. The van der Waals surface area contributed by atoms with Crippen LogP contribution >= 0.6 is 19.2 Å². The van der Waals surface area contributed by atoms with Gasteiger partial charge < -0.3 is 42.9 Å². The number of aromatic nitrogens is 4. The fourth-order valence-corrected chi connectivity index (χ4v) is 8.36. The van der Waals surface area contributed by atoms with Crippen molar-refractivity contribution >= 4 is 42.1 Å². The molecule has 0 aromatic carbocycles. The molecular weight excluding hydrogens is 637 g/mol. The first-order valence-corrected chi connectivity index (χ1v) is 16.9. The smallest absolute Gasteiger partial charge is 0.413 e. The molecule has 0 bridgehead atoms. The van der Waals surface area contributed by atoms with E-state index in [0.29, 0.717) is 18.2 Å². The number of anilines is 1. The number of hydrogen-bond acceptors (Lipinski definition) is 13. The second-order valence-corrected chi connectivity index (χ2v) is 14.2. The Labute approximate surface area is 265 Å². The lowest BCUT2D eigenvalue weighted by molar-refractivity contribution is -0.208. The van der Waals surface area contributed by atoms with Crippen molar-refractivity contribution < 1.29 is 52.3 Å². The van der Waals surface area contributed by atoms with Crippen molar-refractivity contribution in [2.75, 3.05) is 45.0 Å². The molecule has 2 aliphatic heterocycles. The van der Waals surface area contributed by atoms with Crippen molar-refractivity contribution in [2.24, 2.45) is 0 Å². The molecule has 5 rings (SSSR count). The first-order valence-electron chi connectivity index (χ1n) is 15.0. The fraction of sp³-hybridized carbons (Fsp3) is 0.778.